The summed E-state index contributed by atoms with van der Waals surface area (Å²) in [5, 5.41) is 26.5. The van der Waals surface area contributed by atoms with Gasteiger partial charge in [-0.1, -0.05) is 192 Å². The molecule has 0 radical (unpaired) electrons. The minimum absolute atomic E-state index is 0.121. The molecule has 0 aliphatic heterocycles. The minimum atomic E-state index is -2.64. The fraction of sp³-hybridized carbons (Fsp3) is 0.207. The molecule has 0 N–H and O–H groups in total. The van der Waals surface area contributed by atoms with Crippen molar-refractivity contribution in [1.82, 2.24) is 0 Å². The van der Waals surface area contributed by atoms with E-state index in [0.717, 1.165) is 144 Å². The highest BCUT2D eigenvalue weighted by molar-refractivity contribution is 6.20. The lowest BCUT2D eigenvalue weighted by Crippen LogP contribution is -2.36. The van der Waals surface area contributed by atoms with Crippen LogP contribution >= 0.6 is 0 Å². The van der Waals surface area contributed by atoms with Crippen molar-refractivity contribution in [3.05, 3.63) is 367 Å². The summed E-state index contributed by atoms with van der Waals surface area (Å²) in [6.45, 7) is 37.6. The van der Waals surface area contributed by atoms with E-state index >= 15 is 0 Å². The van der Waals surface area contributed by atoms with Crippen LogP contribution in [0.2, 0.25) is 0 Å². The molecule has 0 bridgehead atoms. The molecule has 8 aromatic heterocycles. The van der Waals surface area contributed by atoms with Gasteiger partial charge in [0.15, 0.2) is 34.2 Å². The van der Waals surface area contributed by atoms with Gasteiger partial charge in [0.2, 0.25) is 22.8 Å². The van der Waals surface area contributed by atoms with E-state index in [4.69, 9.17) is 47.3 Å². The zero-order valence-electron chi connectivity index (χ0n) is 92.2. The van der Waals surface area contributed by atoms with Crippen molar-refractivity contribution >= 4 is 99.1 Å². The van der Waals surface area contributed by atoms with Crippen molar-refractivity contribution in [2.75, 3.05) is 0 Å². The number of aryl methyl sites for hydroxylation is 6. The molecule has 0 aliphatic rings. The van der Waals surface area contributed by atoms with Crippen LogP contribution < -0.4 is 18.3 Å². The summed E-state index contributed by atoms with van der Waals surface area (Å²) in [6, 6.07) is 79.9. The van der Waals surface area contributed by atoms with Gasteiger partial charge < -0.3 is 17.7 Å². The third-order valence-corrected chi connectivity index (χ3v) is 25.1. The maximum Gasteiger partial charge on any atom is 0.216 e. The molecule has 0 saturated heterocycles. The Kier molecular flexibility index (Phi) is 19.8. The molecule has 12 nitrogen and oxygen atoms in total. The SMILES string of the molecule is Cc1cc(C)[n+](C)c(-c2c(C)ccc3c2oc2cc(-c4ccccc4)cc(C#N)c23)c1.[2H]c1c(C([2H])([2H])C(C)(C)C)c(C([2H])([2H])[2H])c(C)[n+](C)c1-c1c(C)cc(-c2ccccc2)c2c1oc1ccc([N+]#[C-])cc12.[2H]c1c(C([2H])([2H])C(C)C)c(C([2H])([2H])[2H])c(C)[n+](C)c1-c1c(C)cc(-c2ccccc2)c2c1oc1ccc([N+]#[C-])cc12.[2H]c1c(C)c([2H])c(-c2c(C)ccc3c2oc2cc(-c4ccccc4)cc(C#N)c23)[n+](C)c1C. The van der Waals surface area contributed by atoms with Crippen LogP contribution in [0.5, 0.6) is 0 Å². The summed E-state index contributed by atoms with van der Waals surface area (Å²) in [6.07, 6.45) is -4.22. The van der Waals surface area contributed by atoms with Crippen molar-refractivity contribution in [3.8, 4) is 102 Å². The number of pyridine rings is 4. The fourth-order valence-corrected chi connectivity index (χ4v) is 18.2. The van der Waals surface area contributed by atoms with Crippen molar-refractivity contribution < 1.29 is 55.1 Å². The molecule has 12 aromatic carbocycles. The Morgan fingerprint density at radius 1 is 0.383 bits per heavy atom. The Hall–Kier alpha value is -15.6. The molecule has 12 heteroatoms. The molecule has 0 atom stereocenters. The molecule has 654 valence electrons. The fourth-order valence-electron chi connectivity index (χ4n) is 18.2. The highest BCUT2D eigenvalue weighted by Gasteiger charge is 2.33. The van der Waals surface area contributed by atoms with Crippen molar-refractivity contribution in [2.24, 2.45) is 39.5 Å². The van der Waals surface area contributed by atoms with E-state index in [1.165, 1.54) is 11.3 Å². The summed E-state index contributed by atoms with van der Waals surface area (Å²) >= 11 is 0. The molecule has 8 heterocycles. The molecule has 0 saturated carbocycles. The normalized spacial score (nSPS) is 13.4. The first kappa shape index (κ1) is 73.2. The average Bonchev–Trinajstić information content (AvgIpc) is 1.71. The minimum Gasteiger partial charge on any atom is -0.455 e. The van der Waals surface area contributed by atoms with E-state index in [1.807, 2.05) is 204 Å². The molecular formula is C121H110N8O4+4. The summed E-state index contributed by atoms with van der Waals surface area (Å²) in [4.78, 5) is 7.24. The van der Waals surface area contributed by atoms with Crippen LogP contribution in [0.1, 0.15) is 143 Å². The summed E-state index contributed by atoms with van der Waals surface area (Å²) in [7, 11) is 7.39. The first-order valence-electron chi connectivity index (χ1n) is 51.3. The third-order valence-electron chi connectivity index (χ3n) is 25.1. The van der Waals surface area contributed by atoms with E-state index in [1.54, 1.807) is 108 Å². The lowest BCUT2D eigenvalue weighted by atomic mass is 9.85. The smallest absolute Gasteiger partial charge is 0.216 e. The topological polar surface area (TPSA) is 124 Å². The van der Waals surface area contributed by atoms with E-state index in [0.29, 0.717) is 113 Å². The first-order chi connectivity index (χ1) is 69.5. The van der Waals surface area contributed by atoms with Crippen LogP contribution in [0.15, 0.2) is 272 Å². The molecule has 0 aliphatic carbocycles. The van der Waals surface area contributed by atoms with Crippen molar-refractivity contribution in [3.63, 3.8) is 0 Å². The molecule has 20 rings (SSSR count). The van der Waals surface area contributed by atoms with Crippen LogP contribution in [0.3, 0.4) is 0 Å². The summed E-state index contributed by atoms with van der Waals surface area (Å²) in [5.41, 5.74) is 27.3. The predicted octanol–water partition coefficient (Wildman–Crippen LogP) is 30.3. The van der Waals surface area contributed by atoms with Gasteiger partial charge >= 0.3 is 0 Å². The number of nitrogens with zero attached hydrogens (tertiary/aromatic N) is 8. The van der Waals surface area contributed by atoms with Crippen LogP contribution in [0.4, 0.5) is 11.4 Å². The van der Waals surface area contributed by atoms with Gasteiger partial charge in [0.25, 0.3) is 0 Å². The monoisotopic (exact) mass is 1750 g/mol. The lowest BCUT2D eigenvalue weighted by molar-refractivity contribution is -0.667. The standard InChI is InChI=1S/C33H33N2O.C32H31N2O.2C28H23N2O/c1-20-16-26(23-12-10-9-11-13-23)31-27-18-25(34-7)14-15-29(27)36-32(31)30(20)28-17-24(19-33(4,5)6)21(2)22(3)35(28)8;1-19(2)15-24-17-28(34(7)22(5)21(24)4)30-20(3)16-26(23-11-9-8-10-12-23)31-27-18-25(33-6)13-14-29(27)35-32(30)31;2*1-17-12-19(3)30(4)24(13-17)26-18(2)10-11-23-27-22(16-29)14-21(15-25(27)31-28(23)26)20-8-6-5-7-9-20/h9-18H,19H2,1-6,8H3;8-14,16-19H,15H2,1-5,7H3;2*5-15H,1-4H3/q4*+1/i2D3,17D,19D2;4D3,15D2,17D;12D,13D;. The number of nitriles is 2. The molecular weight excluding hydrogens is 1630 g/mol. The highest BCUT2D eigenvalue weighted by Crippen LogP contribution is 2.49. The maximum absolute atomic E-state index is 9.97. The Morgan fingerprint density at radius 2 is 0.782 bits per heavy atom. The van der Waals surface area contributed by atoms with Gasteiger partial charge in [-0.15, -0.1) is 0 Å². The molecule has 0 fully saturated rings. The molecule has 133 heavy (non-hydrogen) atoms. The van der Waals surface area contributed by atoms with Gasteiger partial charge in [-0.2, -0.15) is 28.8 Å². The Bertz CT molecular complexity index is 9000. The number of furan rings is 4. The van der Waals surface area contributed by atoms with Gasteiger partial charge in [-0.05, 0) is 229 Å². The van der Waals surface area contributed by atoms with Crippen LogP contribution in [0.25, 0.3) is 187 Å². The molecule has 0 amide bonds. The Morgan fingerprint density at radius 3 is 1.20 bits per heavy atom. The number of fused-ring (bicyclic) bond motifs is 12. The number of aromatic nitrogens is 4. The average molecular weight is 1750 g/mol. The first-order valence-corrected chi connectivity index (χ1v) is 44.3. The Labute approximate surface area is 799 Å². The third kappa shape index (κ3) is 16.8. The van der Waals surface area contributed by atoms with Crippen LogP contribution in [-0.4, -0.2) is 0 Å². The molecule has 0 unspecified atom stereocenters. The second kappa shape index (κ2) is 36.0. The van der Waals surface area contributed by atoms with Crippen molar-refractivity contribution in [2.45, 2.75) is 130 Å². The molecule has 20 aromatic rings. The number of benzene rings is 12. The van der Waals surface area contributed by atoms with Gasteiger partial charge in [-0.25, -0.2) is 9.69 Å². The largest absolute Gasteiger partial charge is 0.455 e. The summed E-state index contributed by atoms with van der Waals surface area (Å²) in [5.74, 6) is -0.576. The predicted molar refractivity (Wildman–Crippen MR) is 544 cm³/mol. The van der Waals surface area contributed by atoms with E-state index in [2.05, 4.69) is 90.6 Å². The number of rotatable bonds is 11. The van der Waals surface area contributed by atoms with E-state index in [9.17, 15) is 13.3 Å². The van der Waals surface area contributed by atoms with Crippen LogP contribution in [-0.2, 0) is 40.9 Å². The second-order valence-electron chi connectivity index (χ2n) is 35.8. The van der Waals surface area contributed by atoms with Gasteiger partial charge in [0.05, 0.1) is 64.1 Å². The quantitative estimate of drug-likeness (QED) is 0.0938. The second-order valence-corrected chi connectivity index (χ2v) is 35.8. The zero-order valence-corrected chi connectivity index (χ0v) is 78.2. The summed E-state index contributed by atoms with van der Waals surface area (Å²) < 4.78 is 155. The van der Waals surface area contributed by atoms with Gasteiger partial charge in [0, 0.05) is 132 Å². The van der Waals surface area contributed by atoms with E-state index < -0.39 is 37.8 Å². The van der Waals surface area contributed by atoms with Crippen LogP contribution in [0, 0.1) is 130 Å². The number of hydrogen-bond acceptors (Lipinski definition) is 6. The lowest BCUT2D eigenvalue weighted by Gasteiger charge is -2.21. The number of hydrogen-bond donors (Lipinski definition) is 0. The molecule has 0 spiro atoms. The van der Waals surface area contributed by atoms with Gasteiger partial charge in [-0.3, -0.25) is 0 Å². The Balaban J connectivity index is 0.000000135. The van der Waals surface area contributed by atoms with Gasteiger partial charge in [0.1, 0.15) is 72.9 Å². The maximum atomic E-state index is 9.97. The van der Waals surface area contributed by atoms with E-state index in [-0.39, 0.29) is 34.3 Å². The van der Waals surface area contributed by atoms with Crippen molar-refractivity contribution in [1.29, 1.82) is 10.5 Å². The zero-order chi connectivity index (χ0) is 106. The highest BCUT2D eigenvalue weighted by atomic mass is 16.3.